The van der Waals surface area contributed by atoms with Crippen LogP contribution in [0.25, 0.3) is 0 Å². The second-order valence-corrected chi connectivity index (χ2v) is 3.59. The SMILES string of the molecule is CCC1(F)CC(F)(F)OC(F)(F)C1(F)F.CCF. The van der Waals surface area contributed by atoms with Gasteiger partial charge < -0.3 is 0 Å². The van der Waals surface area contributed by atoms with Crippen molar-refractivity contribution < 1.29 is 39.9 Å². The Balaban J connectivity index is 0.000000873. The second-order valence-electron chi connectivity index (χ2n) is 3.59. The van der Waals surface area contributed by atoms with E-state index in [1.54, 1.807) is 0 Å². The van der Waals surface area contributed by atoms with Crippen LogP contribution in [0.1, 0.15) is 26.7 Å². The monoisotopic (exact) mass is 288 g/mol. The van der Waals surface area contributed by atoms with Gasteiger partial charge in [0, 0.05) is 0 Å². The van der Waals surface area contributed by atoms with Gasteiger partial charge in [0.15, 0.2) is 5.67 Å². The summed E-state index contributed by atoms with van der Waals surface area (Å²) in [6.45, 7) is 1.99. The van der Waals surface area contributed by atoms with E-state index in [0.717, 1.165) is 6.92 Å². The van der Waals surface area contributed by atoms with E-state index < -0.39 is 36.7 Å². The average Bonchev–Trinajstić information content (AvgIpc) is 2.14. The predicted molar refractivity (Wildman–Crippen MR) is 46.3 cm³/mol. The Labute approximate surface area is 98.1 Å². The lowest BCUT2D eigenvalue weighted by atomic mass is 9.87. The summed E-state index contributed by atoms with van der Waals surface area (Å²) in [5.74, 6) is -5.27. The van der Waals surface area contributed by atoms with E-state index in [0.29, 0.717) is 0 Å². The molecule has 18 heavy (non-hydrogen) atoms. The van der Waals surface area contributed by atoms with Crippen molar-refractivity contribution >= 4 is 0 Å². The fourth-order valence-corrected chi connectivity index (χ4v) is 1.33. The summed E-state index contributed by atoms with van der Waals surface area (Å²) in [7, 11) is 0. The van der Waals surface area contributed by atoms with E-state index in [1.807, 2.05) is 0 Å². The number of hydrogen-bond acceptors (Lipinski definition) is 1. The highest BCUT2D eigenvalue weighted by atomic mass is 19.3. The maximum absolute atomic E-state index is 13.3. The largest absolute Gasteiger partial charge is 0.427 e. The molecule has 0 spiro atoms. The molecule has 0 N–H and O–H groups in total. The third-order valence-corrected chi connectivity index (χ3v) is 2.25. The number of halogens is 8. The predicted octanol–water partition coefficient (Wildman–Crippen LogP) is 4.32. The van der Waals surface area contributed by atoms with E-state index in [-0.39, 0.29) is 6.67 Å². The van der Waals surface area contributed by atoms with Crippen molar-refractivity contribution in [3.8, 4) is 0 Å². The van der Waals surface area contributed by atoms with Crippen LogP contribution in [-0.4, -0.2) is 30.5 Å². The molecule has 1 unspecified atom stereocenters. The molecule has 0 radical (unpaired) electrons. The smallest absolute Gasteiger partial charge is 0.251 e. The van der Waals surface area contributed by atoms with Gasteiger partial charge in [-0.3, -0.25) is 9.13 Å². The lowest BCUT2D eigenvalue weighted by Gasteiger charge is -2.43. The molecule has 0 aromatic rings. The Morgan fingerprint density at radius 2 is 1.33 bits per heavy atom. The Morgan fingerprint density at radius 1 is 0.944 bits per heavy atom. The van der Waals surface area contributed by atoms with Gasteiger partial charge >= 0.3 is 18.1 Å². The molecule has 1 heterocycles. The van der Waals surface area contributed by atoms with Gasteiger partial charge in [-0.05, 0) is 13.3 Å². The maximum Gasteiger partial charge on any atom is 0.427 e. The van der Waals surface area contributed by atoms with Gasteiger partial charge in [0.25, 0.3) is 0 Å². The van der Waals surface area contributed by atoms with Crippen LogP contribution in [0, 0.1) is 0 Å². The van der Waals surface area contributed by atoms with Crippen LogP contribution in [0.15, 0.2) is 0 Å². The normalized spacial score (nSPS) is 32.3. The molecule has 0 aromatic heterocycles. The molecule has 0 amide bonds. The molecule has 0 aliphatic carbocycles. The van der Waals surface area contributed by atoms with E-state index in [1.165, 1.54) is 6.92 Å². The summed E-state index contributed by atoms with van der Waals surface area (Å²) >= 11 is 0. The topological polar surface area (TPSA) is 9.23 Å². The van der Waals surface area contributed by atoms with Crippen LogP contribution in [-0.2, 0) is 4.74 Å². The number of ether oxygens (including phenoxy) is 1. The highest BCUT2D eigenvalue weighted by Crippen LogP contribution is 2.56. The lowest BCUT2D eigenvalue weighted by Crippen LogP contribution is -2.65. The standard InChI is InChI=1S/C7H7F7O.C2H5F/c1-2-4(8)3-5(9,10)15-7(13,14)6(4,11)12;1-2-3/h2-3H2,1H3;2H2,1H3. The molecule has 1 rings (SSSR count). The first-order chi connectivity index (χ1) is 7.89. The van der Waals surface area contributed by atoms with Crippen LogP contribution >= 0.6 is 0 Å². The van der Waals surface area contributed by atoms with Gasteiger partial charge in [0.2, 0.25) is 0 Å². The van der Waals surface area contributed by atoms with Gasteiger partial charge in [-0.1, -0.05) is 6.92 Å². The minimum atomic E-state index is -5.51. The highest BCUT2D eigenvalue weighted by molar-refractivity contribution is 5.03. The maximum atomic E-state index is 13.3. The number of rotatable bonds is 1. The highest BCUT2D eigenvalue weighted by Gasteiger charge is 2.78. The number of hydrogen-bond donors (Lipinski definition) is 0. The Morgan fingerprint density at radius 3 is 1.67 bits per heavy atom. The molecule has 1 atom stereocenters. The van der Waals surface area contributed by atoms with Crippen LogP contribution in [0.4, 0.5) is 35.1 Å². The van der Waals surface area contributed by atoms with Crippen molar-refractivity contribution in [3.63, 3.8) is 0 Å². The first kappa shape index (κ1) is 17.4. The zero-order chi connectivity index (χ0) is 14.8. The van der Waals surface area contributed by atoms with E-state index in [2.05, 4.69) is 4.74 Å². The molecule has 1 aliphatic heterocycles. The third-order valence-electron chi connectivity index (χ3n) is 2.25. The summed E-state index contributed by atoms with van der Waals surface area (Å²) in [5.41, 5.74) is -3.97. The lowest BCUT2D eigenvalue weighted by molar-refractivity contribution is -0.486. The molecule has 0 bridgehead atoms. The summed E-state index contributed by atoms with van der Waals surface area (Å²) in [6.07, 6.45) is -13.4. The van der Waals surface area contributed by atoms with Gasteiger partial charge in [-0.25, -0.2) is 4.39 Å². The van der Waals surface area contributed by atoms with Crippen molar-refractivity contribution in [2.24, 2.45) is 0 Å². The Bertz CT molecular complexity index is 280. The molecule has 110 valence electrons. The molecule has 9 heteroatoms. The van der Waals surface area contributed by atoms with Crippen molar-refractivity contribution in [2.75, 3.05) is 6.67 Å². The van der Waals surface area contributed by atoms with E-state index >= 15 is 0 Å². The van der Waals surface area contributed by atoms with Gasteiger partial charge in [0.1, 0.15) is 0 Å². The zero-order valence-corrected chi connectivity index (χ0v) is 9.55. The molecular weight excluding hydrogens is 276 g/mol. The van der Waals surface area contributed by atoms with E-state index in [4.69, 9.17) is 0 Å². The Kier molecular flexibility index (Phi) is 5.01. The molecule has 1 saturated heterocycles. The summed E-state index contributed by atoms with van der Waals surface area (Å²) in [5, 5.41) is 0. The first-order valence-electron chi connectivity index (χ1n) is 4.97. The quantitative estimate of drug-likeness (QED) is 0.653. The van der Waals surface area contributed by atoms with Crippen LogP contribution < -0.4 is 0 Å². The van der Waals surface area contributed by atoms with Crippen molar-refractivity contribution in [3.05, 3.63) is 0 Å². The van der Waals surface area contributed by atoms with Gasteiger partial charge in [0.05, 0.1) is 13.1 Å². The zero-order valence-electron chi connectivity index (χ0n) is 9.55. The minimum Gasteiger partial charge on any atom is -0.251 e. The van der Waals surface area contributed by atoms with E-state index in [9.17, 15) is 35.1 Å². The van der Waals surface area contributed by atoms with Crippen LogP contribution in [0.2, 0.25) is 0 Å². The van der Waals surface area contributed by atoms with Crippen molar-refractivity contribution in [1.82, 2.24) is 0 Å². The molecule has 1 fully saturated rings. The van der Waals surface area contributed by atoms with Gasteiger partial charge in [-0.2, -0.15) is 26.3 Å². The summed E-state index contributed by atoms with van der Waals surface area (Å²) in [6, 6.07) is 0. The average molecular weight is 288 g/mol. The molecular formula is C9H12F8O. The fourth-order valence-electron chi connectivity index (χ4n) is 1.33. The first-order valence-corrected chi connectivity index (χ1v) is 4.97. The Hall–Kier alpha value is -0.600. The summed E-state index contributed by atoms with van der Waals surface area (Å²) < 4.78 is 102. The van der Waals surface area contributed by atoms with Crippen LogP contribution in [0.3, 0.4) is 0 Å². The molecule has 1 nitrogen and oxygen atoms in total. The second kappa shape index (κ2) is 5.18. The summed E-state index contributed by atoms with van der Waals surface area (Å²) in [4.78, 5) is 0. The van der Waals surface area contributed by atoms with Crippen molar-refractivity contribution in [2.45, 2.75) is 50.5 Å². The molecule has 0 aromatic carbocycles. The number of alkyl halides is 8. The van der Waals surface area contributed by atoms with Gasteiger partial charge in [-0.15, -0.1) is 0 Å². The molecule has 0 saturated carbocycles. The van der Waals surface area contributed by atoms with Crippen molar-refractivity contribution in [1.29, 1.82) is 0 Å². The third kappa shape index (κ3) is 3.04. The minimum absolute atomic E-state index is 0.250. The fraction of sp³-hybridized carbons (Fsp3) is 1.00. The van der Waals surface area contributed by atoms with Crippen LogP contribution in [0.5, 0.6) is 0 Å². The molecule has 1 aliphatic rings.